The first-order valence-electron chi connectivity index (χ1n) is 8.97. The summed E-state index contributed by atoms with van der Waals surface area (Å²) in [7, 11) is 0. The summed E-state index contributed by atoms with van der Waals surface area (Å²) < 4.78 is 9.45. The van der Waals surface area contributed by atoms with Crippen molar-refractivity contribution in [1.82, 2.24) is 25.5 Å². The van der Waals surface area contributed by atoms with Gasteiger partial charge >= 0.3 is 0 Å². The molecular formula is C19H21Br2N5OS. The Kier molecular flexibility index (Phi) is 8.32. The molecule has 0 saturated carbocycles. The third-order valence-corrected chi connectivity index (χ3v) is 5.89. The Morgan fingerprint density at radius 1 is 1.14 bits per heavy atom. The normalized spacial score (nSPS) is 11.0. The Labute approximate surface area is 185 Å². The van der Waals surface area contributed by atoms with Crippen molar-refractivity contribution in [2.75, 3.05) is 18.9 Å². The average molecular weight is 527 g/mol. The summed E-state index contributed by atoms with van der Waals surface area (Å²) in [6, 6.07) is 14.1. The van der Waals surface area contributed by atoms with Gasteiger partial charge in [0.2, 0.25) is 5.16 Å². The highest BCUT2D eigenvalue weighted by Crippen LogP contribution is 2.34. The first-order valence-corrected chi connectivity index (χ1v) is 11.5. The van der Waals surface area contributed by atoms with E-state index in [1.165, 1.54) is 5.56 Å². The van der Waals surface area contributed by atoms with Crippen LogP contribution in [0.5, 0.6) is 5.75 Å². The first kappa shape index (κ1) is 21.3. The number of thioether (sulfide) groups is 1. The number of halogens is 2. The van der Waals surface area contributed by atoms with Gasteiger partial charge in [0.05, 0.1) is 21.2 Å². The molecule has 0 aliphatic carbocycles. The lowest BCUT2D eigenvalue weighted by molar-refractivity contribution is 0.313. The number of benzene rings is 2. The number of nitrogens with one attached hydrogen (secondary N) is 1. The van der Waals surface area contributed by atoms with Crippen LogP contribution >= 0.6 is 43.6 Å². The minimum Gasteiger partial charge on any atom is -0.491 e. The quantitative estimate of drug-likeness (QED) is 0.300. The van der Waals surface area contributed by atoms with Crippen LogP contribution in [0.4, 0.5) is 0 Å². The van der Waals surface area contributed by atoms with Gasteiger partial charge in [-0.3, -0.25) is 0 Å². The summed E-state index contributed by atoms with van der Waals surface area (Å²) in [5, 5.41) is 16.2. The molecule has 6 nitrogen and oxygen atoms in total. The van der Waals surface area contributed by atoms with Crippen LogP contribution in [0.3, 0.4) is 0 Å². The predicted octanol–water partition coefficient (Wildman–Crippen LogP) is 4.86. The molecule has 0 radical (unpaired) electrons. The summed E-state index contributed by atoms with van der Waals surface area (Å²) in [4.78, 5) is 0. The molecule has 1 heterocycles. The number of hydrogen-bond donors (Lipinski definition) is 1. The van der Waals surface area contributed by atoms with Gasteiger partial charge in [-0.15, -0.1) is 5.10 Å². The van der Waals surface area contributed by atoms with Gasteiger partial charge < -0.3 is 10.1 Å². The lowest BCUT2D eigenvalue weighted by Gasteiger charge is -2.12. The van der Waals surface area contributed by atoms with Crippen LogP contribution in [0.15, 0.2) is 56.6 Å². The molecule has 148 valence electrons. The summed E-state index contributed by atoms with van der Waals surface area (Å²) >= 11 is 8.82. The van der Waals surface area contributed by atoms with Crippen LogP contribution in [0.2, 0.25) is 0 Å². The maximum atomic E-state index is 5.77. The zero-order valence-electron chi connectivity index (χ0n) is 15.4. The third kappa shape index (κ3) is 5.79. The Balaban J connectivity index is 1.48. The monoisotopic (exact) mass is 525 g/mol. The lowest BCUT2D eigenvalue weighted by atomic mass is 10.2. The fraction of sp³-hybridized carbons (Fsp3) is 0.316. The maximum Gasteiger partial charge on any atom is 0.214 e. The summed E-state index contributed by atoms with van der Waals surface area (Å²) in [6.45, 7) is 4.41. The van der Waals surface area contributed by atoms with Gasteiger partial charge in [0.1, 0.15) is 5.75 Å². The Morgan fingerprint density at radius 3 is 2.61 bits per heavy atom. The second kappa shape index (κ2) is 10.9. The van der Waals surface area contributed by atoms with E-state index in [0.717, 1.165) is 50.8 Å². The number of para-hydroxylation sites is 1. The third-order valence-electron chi connectivity index (χ3n) is 3.79. The zero-order valence-corrected chi connectivity index (χ0v) is 19.4. The minimum absolute atomic E-state index is 0.703. The molecule has 3 rings (SSSR count). The molecule has 9 heteroatoms. The smallest absolute Gasteiger partial charge is 0.214 e. The number of hydrogen-bond acceptors (Lipinski definition) is 6. The number of rotatable bonds is 10. The molecule has 0 unspecified atom stereocenters. The van der Waals surface area contributed by atoms with E-state index in [2.05, 4.69) is 71.8 Å². The topological polar surface area (TPSA) is 64.9 Å². The zero-order chi connectivity index (χ0) is 19.8. The van der Waals surface area contributed by atoms with Crippen molar-refractivity contribution < 1.29 is 4.74 Å². The summed E-state index contributed by atoms with van der Waals surface area (Å²) in [5.74, 6) is 1.72. The van der Waals surface area contributed by atoms with E-state index in [1.54, 1.807) is 16.4 Å². The molecule has 1 aromatic heterocycles. The van der Waals surface area contributed by atoms with Crippen LogP contribution in [-0.2, 0) is 6.54 Å². The van der Waals surface area contributed by atoms with Gasteiger partial charge in [-0.25, -0.2) is 0 Å². The first-order chi connectivity index (χ1) is 13.7. The van der Waals surface area contributed by atoms with Crippen LogP contribution < -0.4 is 10.1 Å². The van der Waals surface area contributed by atoms with Crippen LogP contribution in [-0.4, -0.2) is 39.1 Å². The minimum atomic E-state index is 0.703. The average Bonchev–Trinajstić information content (AvgIpc) is 3.16. The second-order valence-electron chi connectivity index (χ2n) is 5.97. The van der Waals surface area contributed by atoms with E-state index in [-0.39, 0.29) is 0 Å². The van der Waals surface area contributed by atoms with Crippen molar-refractivity contribution >= 4 is 43.6 Å². The Hall–Kier alpha value is -1.42. The van der Waals surface area contributed by atoms with Crippen molar-refractivity contribution in [2.45, 2.75) is 25.0 Å². The molecule has 2 aromatic carbocycles. The van der Waals surface area contributed by atoms with Gasteiger partial charge in [0.15, 0.2) is 0 Å². The summed E-state index contributed by atoms with van der Waals surface area (Å²) in [5.41, 5.74) is 2.14. The number of tetrazole rings is 1. The molecule has 0 aliphatic rings. The molecule has 0 saturated heterocycles. The van der Waals surface area contributed by atoms with E-state index in [9.17, 15) is 0 Å². The van der Waals surface area contributed by atoms with Crippen molar-refractivity contribution in [3.63, 3.8) is 0 Å². The molecule has 1 N–H and O–H groups in total. The fourth-order valence-electron chi connectivity index (χ4n) is 2.50. The maximum absolute atomic E-state index is 5.77. The SMILES string of the molecule is CCCOc1c(Br)cc(CNCCSc2nnnn2-c2ccccc2)cc1Br. The molecule has 0 atom stereocenters. The second-order valence-corrected chi connectivity index (χ2v) is 8.74. The van der Waals surface area contributed by atoms with Crippen molar-refractivity contribution in [2.24, 2.45) is 0 Å². The van der Waals surface area contributed by atoms with E-state index in [0.29, 0.717) is 6.61 Å². The van der Waals surface area contributed by atoms with E-state index < -0.39 is 0 Å². The Morgan fingerprint density at radius 2 is 1.89 bits per heavy atom. The summed E-state index contributed by atoms with van der Waals surface area (Å²) in [6.07, 6.45) is 0.980. The highest BCUT2D eigenvalue weighted by molar-refractivity contribution is 9.11. The molecule has 0 fully saturated rings. The van der Waals surface area contributed by atoms with Crippen molar-refractivity contribution in [3.05, 3.63) is 57.0 Å². The van der Waals surface area contributed by atoms with Crippen molar-refractivity contribution in [3.8, 4) is 11.4 Å². The van der Waals surface area contributed by atoms with E-state index in [1.807, 2.05) is 30.3 Å². The lowest BCUT2D eigenvalue weighted by Crippen LogP contribution is -2.17. The van der Waals surface area contributed by atoms with Gasteiger partial charge in [-0.1, -0.05) is 36.9 Å². The standard InChI is InChI=1S/C19H21Br2N5OS/c1-2-9-27-18-16(20)11-14(12-17(18)21)13-22-8-10-28-19-23-24-25-26(19)15-6-4-3-5-7-15/h3-7,11-12,22H,2,8-10,13H2,1H3. The Bertz CT molecular complexity index is 868. The largest absolute Gasteiger partial charge is 0.491 e. The molecule has 0 aliphatic heterocycles. The number of ether oxygens (including phenoxy) is 1. The van der Waals surface area contributed by atoms with Gasteiger partial charge in [0, 0.05) is 18.8 Å². The van der Waals surface area contributed by atoms with Crippen LogP contribution in [0, 0.1) is 0 Å². The highest BCUT2D eigenvalue weighted by atomic mass is 79.9. The van der Waals surface area contributed by atoms with Gasteiger partial charge in [-0.2, -0.15) is 4.68 Å². The van der Waals surface area contributed by atoms with Crippen molar-refractivity contribution in [1.29, 1.82) is 0 Å². The molecule has 28 heavy (non-hydrogen) atoms. The van der Waals surface area contributed by atoms with E-state index in [4.69, 9.17) is 4.74 Å². The number of nitrogens with zero attached hydrogens (tertiary/aromatic N) is 4. The molecule has 0 amide bonds. The molecule has 3 aromatic rings. The predicted molar refractivity (Wildman–Crippen MR) is 119 cm³/mol. The van der Waals surface area contributed by atoms with E-state index >= 15 is 0 Å². The fourth-order valence-corrected chi connectivity index (χ4v) is 4.80. The van der Waals surface area contributed by atoms with Gasteiger partial charge in [0.25, 0.3) is 0 Å². The molecular weight excluding hydrogens is 506 g/mol. The molecule has 0 bridgehead atoms. The van der Waals surface area contributed by atoms with Crippen LogP contribution in [0.1, 0.15) is 18.9 Å². The van der Waals surface area contributed by atoms with Gasteiger partial charge in [-0.05, 0) is 78.5 Å². The number of aromatic nitrogens is 4. The highest BCUT2D eigenvalue weighted by Gasteiger charge is 2.10. The molecule has 0 spiro atoms. The van der Waals surface area contributed by atoms with Crippen LogP contribution in [0.25, 0.3) is 5.69 Å².